The number of esters is 3. The van der Waals surface area contributed by atoms with Crippen molar-refractivity contribution in [2.45, 2.75) is 414 Å². The van der Waals surface area contributed by atoms with Crippen LogP contribution in [0.5, 0.6) is 0 Å². The number of hydrogen-bond acceptors (Lipinski definition) is 23. The molecular weight excluding hydrogens is 1320 g/mol. The van der Waals surface area contributed by atoms with Gasteiger partial charge in [0.15, 0.2) is 18.7 Å². The zero-order chi connectivity index (χ0) is 73.3. The van der Waals surface area contributed by atoms with Gasteiger partial charge in [0, 0.05) is 19.3 Å². The second kappa shape index (κ2) is 56.1. The Kier molecular flexibility index (Phi) is 51.5. The molecule has 0 aromatic carbocycles. The minimum atomic E-state index is -5.70. The van der Waals surface area contributed by atoms with Crippen LogP contribution in [0.3, 0.4) is 0 Å². The lowest BCUT2D eigenvalue weighted by atomic mass is 9.84. The maximum atomic E-state index is 14.4. The number of aliphatic hydroxyl groups is 10. The fraction of sp³-hybridized carbons (Fsp3) is 0.933. The third-order valence-electron chi connectivity index (χ3n) is 19.7. The number of carbonyl (C=O) groups excluding carboxylic acids is 3. The standard InChI is InChI=1S/C75H139O24P/c1-5-8-11-14-17-19-21-23-24-25-27-29-31-33-40-45-50-61(79)94-56(52-91-59(77)48-43-39-35-34-37-42-47-55(4)46-41-36-16-13-10-7-3)53-93-100(89,90)99-73-71(97-74-69(87)64(82)62(80)57(51-76)95-74)67(85)66(84)68(86)72(73)98-75-70(88)65(83)63(81)58(96-75)54-92-60(78)49-44-38-32-30-28-26-22-20-18-15-12-9-6-2/h26,28,55-58,62-76,80-88H,5-25,27,29-54H2,1-4H3,(H,89,90)/b28-26-. The molecule has 2 saturated heterocycles. The van der Waals surface area contributed by atoms with Crippen LogP contribution in [0.25, 0.3) is 0 Å². The summed E-state index contributed by atoms with van der Waals surface area (Å²) in [4.78, 5) is 51.1. The topological polar surface area (TPSA) is 374 Å². The van der Waals surface area contributed by atoms with Gasteiger partial charge in [0.05, 0.1) is 13.2 Å². The first kappa shape index (κ1) is 91.9. The van der Waals surface area contributed by atoms with E-state index in [-0.39, 0.29) is 19.3 Å². The lowest BCUT2D eigenvalue weighted by Crippen LogP contribution is -2.69. The maximum Gasteiger partial charge on any atom is 0.472 e. The Morgan fingerprint density at radius 1 is 0.410 bits per heavy atom. The van der Waals surface area contributed by atoms with E-state index in [1.165, 1.54) is 148 Å². The number of hydrogen-bond donors (Lipinski definition) is 11. The lowest BCUT2D eigenvalue weighted by molar-refractivity contribution is -0.360. The molecule has 25 heteroatoms. The van der Waals surface area contributed by atoms with Crippen molar-refractivity contribution >= 4 is 25.7 Å². The number of carbonyl (C=O) groups is 3. The summed E-state index contributed by atoms with van der Waals surface area (Å²) in [7, 11) is -5.70. The molecule has 11 N–H and O–H groups in total. The summed E-state index contributed by atoms with van der Waals surface area (Å²) in [6.45, 7) is 5.78. The van der Waals surface area contributed by atoms with Gasteiger partial charge >= 0.3 is 25.7 Å². The molecule has 100 heavy (non-hydrogen) atoms. The van der Waals surface area contributed by atoms with E-state index in [0.29, 0.717) is 25.2 Å². The Morgan fingerprint density at radius 3 is 1.19 bits per heavy atom. The largest absolute Gasteiger partial charge is 0.472 e. The van der Waals surface area contributed by atoms with Gasteiger partial charge in [-0.2, -0.15) is 0 Å². The van der Waals surface area contributed by atoms with Crippen LogP contribution >= 0.6 is 7.82 Å². The Hall–Kier alpha value is -2.30. The van der Waals surface area contributed by atoms with Gasteiger partial charge in [0.25, 0.3) is 0 Å². The highest BCUT2D eigenvalue weighted by atomic mass is 31.2. The molecule has 1 aliphatic carbocycles. The van der Waals surface area contributed by atoms with Crippen LogP contribution in [0, 0.1) is 5.92 Å². The SMILES string of the molecule is CCCCCCCC/C=C\CCCCCC(=O)OCC1OC(OC2C(O)C(O)C(O)C(OC3OC(CO)C(O)C(O)C3O)C2OP(=O)(O)OCC(COC(=O)CCCCCCCCC(C)CCCCCCCC)OC(=O)CCCCCCCCCCCCCCCCCC)C(O)C(O)C1O. The molecule has 0 aromatic rings. The van der Waals surface area contributed by atoms with E-state index in [0.717, 1.165) is 96.3 Å². The number of ether oxygens (including phenoxy) is 7. The monoisotopic (exact) mass is 1450 g/mol. The number of allylic oxidation sites excluding steroid dienone is 2. The van der Waals surface area contributed by atoms with Crippen LogP contribution in [-0.4, -0.2) is 204 Å². The minimum Gasteiger partial charge on any atom is -0.463 e. The molecule has 0 radical (unpaired) electrons. The molecule has 0 spiro atoms. The molecular formula is C75H139O24P. The normalized spacial score (nSPS) is 27.7. The average molecular weight is 1460 g/mol. The summed E-state index contributed by atoms with van der Waals surface area (Å²) in [6, 6.07) is 0. The predicted octanol–water partition coefficient (Wildman–Crippen LogP) is 11.4. The molecule has 24 nitrogen and oxygen atoms in total. The van der Waals surface area contributed by atoms with Crippen molar-refractivity contribution in [1.82, 2.24) is 0 Å². The van der Waals surface area contributed by atoms with E-state index in [4.69, 9.17) is 42.2 Å². The number of aliphatic hydroxyl groups excluding tert-OH is 10. The molecule has 19 atom stereocenters. The average Bonchev–Trinajstić information content (AvgIpc) is 0.777. The lowest BCUT2D eigenvalue weighted by Gasteiger charge is -2.49. The van der Waals surface area contributed by atoms with Gasteiger partial charge < -0.3 is 89.1 Å². The first-order valence-electron chi connectivity index (χ1n) is 39.4. The number of unbranched alkanes of at least 4 members (excludes halogenated alkanes) is 34. The highest BCUT2D eigenvalue weighted by Crippen LogP contribution is 2.49. The van der Waals surface area contributed by atoms with Gasteiger partial charge in [-0.3, -0.25) is 23.4 Å². The van der Waals surface area contributed by atoms with E-state index in [1.807, 2.05) is 0 Å². The zero-order valence-electron chi connectivity index (χ0n) is 61.7. The molecule has 3 aliphatic rings. The van der Waals surface area contributed by atoms with Gasteiger partial charge in [0.2, 0.25) is 0 Å². The fourth-order valence-electron chi connectivity index (χ4n) is 13.2. The summed E-state index contributed by atoms with van der Waals surface area (Å²) in [5.74, 6) is -1.30. The van der Waals surface area contributed by atoms with Crippen molar-refractivity contribution in [3.63, 3.8) is 0 Å². The minimum absolute atomic E-state index is 0.00904. The van der Waals surface area contributed by atoms with Gasteiger partial charge in [-0.15, -0.1) is 0 Å². The second-order valence-electron chi connectivity index (χ2n) is 28.7. The molecule has 3 rings (SSSR count). The third kappa shape index (κ3) is 38.8. The summed E-state index contributed by atoms with van der Waals surface area (Å²) in [5, 5.41) is 110. The van der Waals surface area contributed by atoms with Crippen LogP contribution in [0.2, 0.25) is 0 Å². The summed E-state index contributed by atoms with van der Waals surface area (Å²) in [6.07, 6.45) is 14.1. The Balaban J connectivity index is 1.73. The molecule has 2 heterocycles. The molecule has 2 aliphatic heterocycles. The van der Waals surface area contributed by atoms with Gasteiger partial charge in [-0.1, -0.05) is 258 Å². The predicted molar refractivity (Wildman–Crippen MR) is 379 cm³/mol. The van der Waals surface area contributed by atoms with E-state index in [1.54, 1.807) is 0 Å². The first-order valence-corrected chi connectivity index (χ1v) is 40.9. The summed E-state index contributed by atoms with van der Waals surface area (Å²) in [5.41, 5.74) is 0. The quantitative estimate of drug-likeness (QED) is 0.00886. The highest BCUT2D eigenvalue weighted by molar-refractivity contribution is 7.47. The fourth-order valence-corrected chi connectivity index (χ4v) is 14.1. The number of phosphoric acid groups is 1. The summed E-state index contributed by atoms with van der Waals surface area (Å²) < 4.78 is 65.1. The van der Waals surface area contributed by atoms with Crippen molar-refractivity contribution in [3.05, 3.63) is 12.2 Å². The van der Waals surface area contributed by atoms with E-state index in [2.05, 4.69) is 39.8 Å². The van der Waals surface area contributed by atoms with Gasteiger partial charge in [-0.25, -0.2) is 4.57 Å². The molecule has 0 amide bonds. The van der Waals surface area contributed by atoms with Crippen LogP contribution in [0.4, 0.5) is 0 Å². The Bertz CT molecular complexity index is 2130. The first-order chi connectivity index (χ1) is 48.2. The molecule has 588 valence electrons. The van der Waals surface area contributed by atoms with Gasteiger partial charge in [0.1, 0.15) is 98.7 Å². The second-order valence-corrected chi connectivity index (χ2v) is 30.1. The van der Waals surface area contributed by atoms with Gasteiger partial charge in [-0.05, 0) is 50.9 Å². The third-order valence-corrected chi connectivity index (χ3v) is 20.7. The zero-order valence-corrected chi connectivity index (χ0v) is 62.6. The molecule has 0 bridgehead atoms. The smallest absolute Gasteiger partial charge is 0.463 e. The maximum absolute atomic E-state index is 14.4. The van der Waals surface area contributed by atoms with Crippen LogP contribution in [0.1, 0.15) is 310 Å². The van der Waals surface area contributed by atoms with Crippen molar-refractivity contribution in [2.24, 2.45) is 5.92 Å². The molecule has 0 aromatic heterocycles. The van der Waals surface area contributed by atoms with Crippen LogP contribution in [0.15, 0.2) is 12.2 Å². The van der Waals surface area contributed by atoms with Crippen LogP contribution < -0.4 is 0 Å². The number of phosphoric ester groups is 1. The van der Waals surface area contributed by atoms with Crippen molar-refractivity contribution < 1.29 is 117 Å². The Morgan fingerprint density at radius 2 is 0.760 bits per heavy atom. The summed E-state index contributed by atoms with van der Waals surface area (Å²) >= 11 is 0. The molecule has 3 fully saturated rings. The Labute approximate surface area is 599 Å². The molecule has 19 unspecified atom stereocenters. The highest BCUT2D eigenvalue weighted by Gasteiger charge is 2.58. The van der Waals surface area contributed by atoms with E-state index >= 15 is 0 Å². The van der Waals surface area contributed by atoms with Crippen molar-refractivity contribution in [2.75, 3.05) is 26.4 Å². The van der Waals surface area contributed by atoms with Crippen LogP contribution in [-0.2, 0) is 61.2 Å². The van der Waals surface area contributed by atoms with Crippen molar-refractivity contribution in [3.8, 4) is 0 Å². The number of rotatable bonds is 61. The van der Waals surface area contributed by atoms with E-state index < -0.39 is 156 Å². The molecule has 1 saturated carbocycles. The van der Waals surface area contributed by atoms with Crippen molar-refractivity contribution in [1.29, 1.82) is 0 Å². The van der Waals surface area contributed by atoms with E-state index in [9.17, 15) is 74.9 Å².